The van der Waals surface area contributed by atoms with Crippen molar-refractivity contribution in [1.82, 2.24) is 0 Å². The molecule has 2 nitrogen and oxygen atoms in total. The Morgan fingerprint density at radius 3 is 1.96 bits per heavy atom. The maximum absolute atomic E-state index is 12.3. The number of fused-ring (bicyclic) bond motifs is 1. The summed E-state index contributed by atoms with van der Waals surface area (Å²) in [6.45, 7) is 3.01. The van der Waals surface area contributed by atoms with Gasteiger partial charge in [-0.2, -0.15) is 0 Å². The van der Waals surface area contributed by atoms with Crippen LogP contribution in [0.25, 0.3) is 10.8 Å². The maximum Gasteiger partial charge on any atom is 0.141 e. The number of ketones is 2. The average molecular weight is 316 g/mol. The van der Waals surface area contributed by atoms with Gasteiger partial charge in [0.25, 0.3) is 0 Å². The molecule has 0 amide bonds. The summed E-state index contributed by atoms with van der Waals surface area (Å²) in [7, 11) is 0. The first-order valence-corrected chi connectivity index (χ1v) is 8.13. The minimum Gasteiger partial charge on any atom is -0.299 e. The third kappa shape index (κ3) is 3.00. The van der Waals surface area contributed by atoms with Crippen LogP contribution in [0.1, 0.15) is 30.9 Å². The molecule has 0 aliphatic rings. The van der Waals surface area contributed by atoms with E-state index in [4.69, 9.17) is 0 Å². The van der Waals surface area contributed by atoms with Gasteiger partial charge < -0.3 is 0 Å². The molecule has 2 heteroatoms. The second-order valence-corrected chi connectivity index (χ2v) is 6.16. The van der Waals surface area contributed by atoms with E-state index in [1.54, 1.807) is 0 Å². The van der Waals surface area contributed by atoms with Gasteiger partial charge in [-0.15, -0.1) is 0 Å². The Balaban J connectivity index is 2.28. The van der Waals surface area contributed by atoms with Crippen LogP contribution in [-0.2, 0) is 9.59 Å². The summed E-state index contributed by atoms with van der Waals surface area (Å²) in [4.78, 5) is 24.6. The Bertz CT molecular complexity index is 861. The molecule has 3 rings (SSSR count). The van der Waals surface area contributed by atoms with Crippen LogP contribution in [0.15, 0.2) is 72.8 Å². The number of hydrogen-bond donors (Lipinski definition) is 0. The molecule has 0 saturated carbocycles. The van der Waals surface area contributed by atoms with E-state index in [0.717, 1.165) is 21.9 Å². The fourth-order valence-corrected chi connectivity index (χ4v) is 3.49. The van der Waals surface area contributed by atoms with E-state index in [9.17, 15) is 9.59 Å². The molecule has 0 aromatic heterocycles. The van der Waals surface area contributed by atoms with Crippen molar-refractivity contribution in [3.63, 3.8) is 0 Å². The van der Waals surface area contributed by atoms with Crippen LogP contribution in [0, 0.1) is 5.92 Å². The van der Waals surface area contributed by atoms with Crippen molar-refractivity contribution in [2.24, 2.45) is 5.92 Å². The van der Waals surface area contributed by atoms with Crippen LogP contribution in [0.5, 0.6) is 0 Å². The monoisotopic (exact) mass is 316 g/mol. The van der Waals surface area contributed by atoms with Gasteiger partial charge in [-0.25, -0.2) is 0 Å². The number of carbonyl (C=O) groups is 2. The number of rotatable bonds is 5. The highest BCUT2D eigenvalue weighted by molar-refractivity contribution is 6.02. The lowest BCUT2D eigenvalue weighted by Gasteiger charge is -2.25. The molecular weight excluding hydrogens is 296 g/mol. The van der Waals surface area contributed by atoms with E-state index in [1.807, 2.05) is 54.6 Å². The summed E-state index contributed by atoms with van der Waals surface area (Å²) >= 11 is 0. The van der Waals surface area contributed by atoms with Crippen molar-refractivity contribution in [3.8, 4) is 0 Å². The molecule has 0 N–H and O–H groups in total. The predicted molar refractivity (Wildman–Crippen MR) is 97.1 cm³/mol. The first-order chi connectivity index (χ1) is 11.6. The Morgan fingerprint density at radius 2 is 1.29 bits per heavy atom. The number of hydrogen-bond acceptors (Lipinski definition) is 2. The first kappa shape index (κ1) is 16.1. The van der Waals surface area contributed by atoms with Crippen LogP contribution in [-0.4, -0.2) is 11.6 Å². The molecule has 3 aromatic carbocycles. The van der Waals surface area contributed by atoms with Crippen molar-refractivity contribution in [1.29, 1.82) is 0 Å². The molecule has 0 radical (unpaired) electrons. The highest BCUT2D eigenvalue weighted by atomic mass is 16.1. The van der Waals surface area contributed by atoms with Crippen molar-refractivity contribution < 1.29 is 9.59 Å². The summed E-state index contributed by atoms with van der Waals surface area (Å²) in [6, 6.07) is 24.0. The molecule has 24 heavy (non-hydrogen) atoms. The second kappa shape index (κ2) is 6.79. The smallest absolute Gasteiger partial charge is 0.141 e. The molecule has 0 aliphatic carbocycles. The van der Waals surface area contributed by atoms with Crippen LogP contribution < -0.4 is 0 Å². The molecule has 3 aromatic rings. The van der Waals surface area contributed by atoms with E-state index in [0.29, 0.717) is 0 Å². The molecule has 0 spiro atoms. The van der Waals surface area contributed by atoms with E-state index >= 15 is 0 Å². The van der Waals surface area contributed by atoms with E-state index < -0.39 is 5.92 Å². The fraction of sp³-hybridized carbons (Fsp3) is 0.182. The quantitative estimate of drug-likeness (QED) is 0.636. The van der Waals surface area contributed by atoms with E-state index in [1.165, 1.54) is 13.8 Å². The van der Waals surface area contributed by atoms with Gasteiger partial charge in [0.2, 0.25) is 0 Å². The lowest BCUT2D eigenvalue weighted by atomic mass is 9.75. The predicted octanol–water partition coefficient (Wildman–Crippen LogP) is 4.77. The largest absolute Gasteiger partial charge is 0.299 e. The normalized spacial score (nSPS) is 12.3. The maximum atomic E-state index is 12.3. The van der Waals surface area contributed by atoms with Gasteiger partial charge in [0.05, 0.1) is 5.92 Å². The minimum atomic E-state index is -0.668. The Labute approximate surface area is 142 Å². The van der Waals surface area contributed by atoms with Crippen LogP contribution >= 0.6 is 0 Å². The molecular formula is C22H20O2. The van der Waals surface area contributed by atoms with Crippen LogP contribution in [0.3, 0.4) is 0 Å². The Morgan fingerprint density at radius 1 is 0.708 bits per heavy atom. The average Bonchev–Trinajstić information content (AvgIpc) is 2.59. The lowest BCUT2D eigenvalue weighted by molar-refractivity contribution is -0.130. The zero-order valence-electron chi connectivity index (χ0n) is 13.9. The van der Waals surface area contributed by atoms with Crippen molar-refractivity contribution in [2.45, 2.75) is 19.8 Å². The Hall–Kier alpha value is -2.74. The molecule has 120 valence electrons. The zero-order chi connectivity index (χ0) is 17.1. The van der Waals surface area contributed by atoms with Crippen molar-refractivity contribution in [3.05, 3.63) is 83.9 Å². The SMILES string of the molecule is CC(=O)C(C(C)=O)C(c1ccccc1)c1cccc2ccccc12. The van der Waals surface area contributed by atoms with Gasteiger partial charge in [0, 0.05) is 5.92 Å². The standard InChI is InChI=1S/C22H20O2/c1-15(23)21(16(2)24)22(18-10-4-3-5-11-18)20-14-8-12-17-9-6-7-13-19(17)20/h3-14,21-22H,1-2H3. The summed E-state index contributed by atoms with van der Waals surface area (Å²) in [5, 5.41) is 2.20. The molecule has 0 fully saturated rings. The third-order valence-corrected chi connectivity index (χ3v) is 4.53. The van der Waals surface area contributed by atoms with Gasteiger partial charge in [0.15, 0.2) is 0 Å². The molecule has 0 bridgehead atoms. The first-order valence-electron chi connectivity index (χ1n) is 8.13. The van der Waals surface area contributed by atoms with Crippen LogP contribution in [0.4, 0.5) is 0 Å². The third-order valence-electron chi connectivity index (χ3n) is 4.53. The number of benzene rings is 3. The van der Waals surface area contributed by atoms with Gasteiger partial charge in [-0.05, 0) is 35.7 Å². The van der Waals surface area contributed by atoms with Crippen molar-refractivity contribution >= 4 is 22.3 Å². The fourth-order valence-electron chi connectivity index (χ4n) is 3.49. The zero-order valence-corrected chi connectivity index (χ0v) is 13.9. The highest BCUT2D eigenvalue weighted by Gasteiger charge is 2.33. The summed E-state index contributed by atoms with van der Waals surface area (Å²) in [5.41, 5.74) is 2.01. The molecule has 1 unspecified atom stereocenters. The second-order valence-electron chi connectivity index (χ2n) is 6.16. The lowest BCUT2D eigenvalue weighted by Crippen LogP contribution is -2.28. The molecule has 0 saturated heterocycles. The topological polar surface area (TPSA) is 34.1 Å². The summed E-state index contributed by atoms with van der Waals surface area (Å²) in [6.07, 6.45) is 0. The highest BCUT2D eigenvalue weighted by Crippen LogP contribution is 2.37. The van der Waals surface area contributed by atoms with E-state index in [-0.39, 0.29) is 17.5 Å². The van der Waals surface area contributed by atoms with Gasteiger partial charge >= 0.3 is 0 Å². The molecule has 1 atom stereocenters. The molecule has 0 heterocycles. The summed E-state index contributed by atoms with van der Waals surface area (Å²) < 4.78 is 0. The van der Waals surface area contributed by atoms with Crippen molar-refractivity contribution in [2.75, 3.05) is 0 Å². The van der Waals surface area contributed by atoms with E-state index in [2.05, 4.69) is 18.2 Å². The van der Waals surface area contributed by atoms with Crippen LogP contribution in [0.2, 0.25) is 0 Å². The van der Waals surface area contributed by atoms with Gasteiger partial charge in [-0.3, -0.25) is 9.59 Å². The van der Waals surface area contributed by atoms with Gasteiger partial charge in [0.1, 0.15) is 11.6 Å². The molecule has 0 aliphatic heterocycles. The van der Waals surface area contributed by atoms with Gasteiger partial charge in [-0.1, -0.05) is 72.8 Å². The number of Topliss-reactive ketones (excluding diaryl/α,β-unsaturated/α-hetero) is 2. The minimum absolute atomic E-state index is 0.0933. The summed E-state index contributed by atoms with van der Waals surface area (Å²) in [5.74, 6) is -1.13. The Kier molecular flexibility index (Phi) is 4.57. The number of carbonyl (C=O) groups excluding carboxylic acids is 2.